The van der Waals surface area contributed by atoms with Gasteiger partial charge in [0, 0.05) is 0 Å². The van der Waals surface area contributed by atoms with Gasteiger partial charge in [-0.1, -0.05) is 0 Å². The van der Waals surface area contributed by atoms with Gasteiger partial charge in [-0.25, -0.2) is 19.6 Å². The van der Waals surface area contributed by atoms with E-state index in [4.69, 9.17) is 14.6 Å². The van der Waals surface area contributed by atoms with Crippen LogP contribution in [0, 0.1) is 0 Å². The second kappa shape index (κ2) is 8.99. The summed E-state index contributed by atoms with van der Waals surface area (Å²) in [6, 6.07) is -1.64. The Kier molecular flexibility index (Phi) is 7.63. The molecule has 1 heterocycles. The summed E-state index contributed by atoms with van der Waals surface area (Å²) in [5, 5.41) is 50.1. The minimum Gasteiger partial charge on any atom is -0.448 e. The lowest BCUT2D eigenvalue weighted by molar-refractivity contribution is -0.193. The van der Waals surface area contributed by atoms with E-state index in [-0.39, 0.29) is 13.2 Å². The van der Waals surface area contributed by atoms with Crippen molar-refractivity contribution in [2.24, 2.45) is 0 Å². The Hall–Kier alpha value is -1.66. The summed E-state index contributed by atoms with van der Waals surface area (Å²) in [6.45, 7) is 1.61. The van der Waals surface area contributed by atoms with Gasteiger partial charge < -0.3 is 35.0 Å². The second-order valence-electron chi connectivity index (χ2n) is 5.11. The maximum atomic E-state index is 12.2. The van der Waals surface area contributed by atoms with Gasteiger partial charge in [0.1, 0.15) is 30.5 Å². The monoisotopic (exact) mass is 352 g/mol. The second-order valence-corrected chi connectivity index (χ2v) is 5.11. The third-order valence-electron chi connectivity index (χ3n) is 3.51. The van der Waals surface area contributed by atoms with E-state index in [1.807, 2.05) is 0 Å². The van der Waals surface area contributed by atoms with Crippen LogP contribution in [-0.4, -0.2) is 105 Å². The molecule has 24 heavy (non-hydrogen) atoms. The van der Waals surface area contributed by atoms with Gasteiger partial charge in [-0.05, 0) is 13.8 Å². The van der Waals surface area contributed by atoms with Gasteiger partial charge in [0.05, 0.1) is 26.4 Å². The first kappa shape index (κ1) is 20.4. The van der Waals surface area contributed by atoms with Crippen molar-refractivity contribution >= 4 is 12.2 Å². The first-order chi connectivity index (χ1) is 11.3. The largest absolute Gasteiger partial charge is 0.448 e. The van der Waals surface area contributed by atoms with Gasteiger partial charge >= 0.3 is 12.2 Å². The molecule has 5 N–H and O–H groups in total. The van der Waals surface area contributed by atoms with E-state index in [2.05, 4.69) is 0 Å². The lowest BCUT2D eigenvalue weighted by Crippen LogP contribution is -2.71. The van der Waals surface area contributed by atoms with Crippen molar-refractivity contribution in [3.05, 3.63) is 0 Å². The van der Waals surface area contributed by atoms with Gasteiger partial charge in [0.25, 0.3) is 0 Å². The minimum atomic E-state index is -1.86. The Bertz CT molecular complexity index is 436. The number of amides is 2. The fourth-order valence-corrected chi connectivity index (χ4v) is 2.36. The highest BCUT2D eigenvalue weighted by atomic mass is 16.6. The highest BCUT2D eigenvalue weighted by molar-refractivity contribution is 5.75. The number of ether oxygens (including phenoxy) is 2. The number of nitrogens with zero attached hydrogens (tertiary/aromatic N) is 2. The van der Waals surface area contributed by atoms with E-state index in [1.165, 1.54) is 13.8 Å². The van der Waals surface area contributed by atoms with Crippen molar-refractivity contribution in [2.45, 2.75) is 44.3 Å². The third-order valence-corrected chi connectivity index (χ3v) is 3.51. The number of carbonyl (C=O) groups is 2. The van der Waals surface area contributed by atoms with Gasteiger partial charge in [0.15, 0.2) is 0 Å². The highest BCUT2D eigenvalue weighted by Gasteiger charge is 2.51. The summed E-state index contributed by atoms with van der Waals surface area (Å²) >= 11 is 0. The van der Waals surface area contributed by atoms with Crippen LogP contribution in [0.5, 0.6) is 0 Å². The molecule has 1 aliphatic heterocycles. The van der Waals surface area contributed by atoms with Crippen LogP contribution in [0.25, 0.3) is 0 Å². The maximum Gasteiger partial charge on any atom is 0.429 e. The van der Waals surface area contributed by atoms with Crippen molar-refractivity contribution in [2.75, 3.05) is 26.4 Å². The molecular weight excluding hydrogens is 328 g/mol. The van der Waals surface area contributed by atoms with Crippen molar-refractivity contribution in [3.63, 3.8) is 0 Å². The lowest BCUT2D eigenvalue weighted by Gasteiger charge is -2.48. The van der Waals surface area contributed by atoms with Gasteiger partial charge in [-0.2, -0.15) is 0 Å². The molecule has 0 spiro atoms. The summed E-state index contributed by atoms with van der Waals surface area (Å²) in [5.74, 6) is 0. The predicted molar refractivity (Wildman–Crippen MR) is 77.5 cm³/mol. The summed E-state index contributed by atoms with van der Waals surface area (Å²) < 4.78 is 9.60. The quantitative estimate of drug-likeness (QED) is 0.364. The maximum absolute atomic E-state index is 12.2. The number of rotatable bonds is 5. The molecule has 1 fully saturated rings. The van der Waals surface area contributed by atoms with Crippen molar-refractivity contribution < 1.29 is 44.6 Å². The molecule has 0 bridgehead atoms. The zero-order valence-corrected chi connectivity index (χ0v) is 13.5. The van der Waals surface area contributed by atoms with Crippen molar-refractivity contribution in [3.8, 4) is 0 Å². The Morgan fingerprint density at radius 3 is 2.17 bits per heavy atom. The summed E-state index contributed by atoms with van der Waals surface area (Å²) in [4.78, 5) is 24.2. The molecule has 0 aliphatic carbocycles. The van der Waals surface area contributed by atoms with Crippen LogP contribution < -0.4 is 0 Å². The van der Waals surface area contributed by atoms with E-state index in [0.717, 1.165) is 0 Å². The number of aliphatic hydroxyl groups excluding tert-OH is 5. The van der Waals surface area contributed by atoms with Crippen LogP contribution in [-0.2, 0) is 9.47 Å². The molecule has 140 valence electrons. The van der Waals surface area contributed by atoms with E-state index in [1.54, 1.807) is 0 Å². The van der Waals surface area contributed by atoms with Crippen LogP contribution in [0.2, 0.25) is 0 Å². The zero-order chi connectivity index (χ0) is 18.4. The molecule has 0 radical (unpaired) electrons. The predicted octanol–water partition coefficient (Wildman–Crippen LogP) is -2.36. The molecule has 11 heteroatoms. The van der Waals surface area contributed by atoms with Gasteiger partial charge in [0.2, 0.25) is 0 Å². The van der Waals surface area contributed by atoms with Crippen LogP contribution >= 0.6 is 0 Å². The number of aliphatic hydroxyl groups is 5. The fourth-order valence-electron chi connectivity index (χ4n) is 2.36. The highest BCUT2D eigenvalue weighted by Crippen LogP contribution is 2.25. The molecule has 1 saturated heterocycles. The number of β-amino-alcohol motifs (C(OH)–C–C–N with tert-alkyl or cyclic N) is 1. The summed E-state index contributed by atoms with van der Waals surface area (Å²) in [7, 11) is 0. The first-order valence-corrected chi connectivity index (χ1v) is 7.53. The van der Waals surface area contributed by atoms with Gasteiger partial charge in [-0.3, -0.25) is 0 Å². The van der Waals surface area contributed by atoms with E-state index in [9.17, 15) is 30.0 Å². The van der Waals surface area contributed by atoms with E-state index >= 15 is 0 Å². The molecule has 11 nitrogen and oxygen atoms in total. The molecule has 2 amide bonds. The van der Waals surface area contributed by atoms with Crippen LogP contribution in [0.3, 0.4) is 0 Å². The number of hydrogen-bond acceptors (Lipinski definition) is 9. The molecule has 0 aromatic rings. The van der Waals surface area contributed by atoms with Crippen LogP contribution in [0.15, 0.2) is 0 Å². The lowest BCUT2D eigenvalue weighted by atomic mass is 9.94. The molecule has 1 rings (SSSR count). The molecule has 0 aromatic carbocycles. The summed E-state index contributed by atoms with van der Waals surface area (Å²) in [6.07, 6.45) is -8.91. The van der Waals surface area contributed by atoms with Gasteiger partial charge in [-0.15, -0.1) is 0 Å². The Labute approximate surface area is 138 Å². The Balaban J connectivity index is 3.24. The smallest absolute Gasteiger partial charge is 0.429 e. The molecule has 0 saturated carbocycles. The first-order valence-electron chi connectivity index (χ1n) is 7.53. The van der Waals surface area contributed by atoms with Crippen molar-refractivity contribution in [1.82, 2.24) is 10.0 Å². The van der Waals surface area contributed by atoms with Crippen molar-refractivity contribution in [1.29, 1.82) is 0 Å². The van der Waals surface area contributed by atoms with E-state index < -0.39 is 55.8 Å². The topological polar surface area (TPSA) is 160 Å². The third kappa shape index (κ3) is 4.24. The zero-order valence-electron chi connectivity index (χ0n) is 13.5. The molecule has 0 aromatic heterocycles. The van der Waals surface area contributed by atoms with E-state index in [0.29, 0.717) is 10.0 Å². The normalized spacial score (nSPS) is 26.7. The number of hydrogen-bond donors (Lipinski definition) is 5. The SMILES string of the molecule is CCOC(=O)N1C[C@H](O)[C@@H](O)[C@@H]([C@H](O)[C@H](O)CO)N1C(=O)OCC. The average Bonchev–Trinajstić information content (AvgIpc) is 2.55. The molecule has 1 aliphatic rings. The molecule has 5 atom stereocenters. The molecule has 0 unspecified atom stereocenters. The number of carbonyl (C=O) groups excluding carboxylic acids is 2. The Morgan fingerprint density at radius 1 is 1.12 bits per heavy atom. The minimum absolute atomic E-state index is 0.0167. The number of hydrazine groups is 1. The summed E-state index contributed by atoms with van der Waals surface area (Å²) in [5.41, 5.74) is 0. The van der Waals surface area contributed by atoms with Crippen LogP contribution in [0.4, 0.5) is 9.59 Å². The Morgan fingerprint density at radius 2 is 1.67 bits per heavy atom. The average molecular weight is 352 g/mol. The van der Waals surface area contributed by atoms with Crippen LogP contribution in [0.1, 0.15) is 13.8 Å². The fraction of sp³-hybridized carbons (Fsp3) is 0.846. The molecular formula is C13H24N2O9. The standard InChI is InChI=1S/C13H24N2O9/c1-3-23-12(21)14-5-7(17)10(19)9(11(20)8(18)6-16)15(14)13(22)24-4-2/h7-11,16-20H,3-6H2,1-2H3/t7-,8+,9-,10+,11+/m0/s1.